The number of benzene rings is 1. The van der Waals surface area contributed by atoms with Gasteiger partial charge in [0.1, 0.15) is 0 Å². The molecule has 2 amide bonds. The fraction of sp³-hybridized carbons (Fsp3) is 0.417. The topological polar surface area (TPSA) is 73.4 Å². The lowest BCUT2D eigenvalue weighted by atomic mass is 10.2. The minimum Gasteiger partial charge on any atom is -0.396 e. The van der Waals surface area contributed by atoms with E-state index in [1.165, 1.54) is 0 Å². The molecule has 4 N–H and O–H groups in total. The third kappa shape index (κ3) is 5.25. The van der Waals surface area contributed by atoms with Crippen molar-refractivity contribution in [3.8, 4) is 0 Å². The van der Waals surface area contributed by atoms with E-state index >= 15 is 0 Å². The van der Waals surface area contributed by atoms with E-state index in [0.29, 0.717) is 17.1 Å². The van der Waals surface area contributed by atoms with Crippen LogP contribution in [0.5, 0.6) is 0 Å². The molecule has 1 unspecified atom stereocenters. The highest BCUT2D eigenvalue weighted by molar-refractivity contribution is 6.33. The van der Waals surface area contributed by atoms with Crippen LogP contribution in [0.25, 0.3) is 0 Å². The number of amides is 2. The summed E-state index contributed by atoms with van der Waals surface area (Å²) in [5, 5.41) is 11.9. The smallest absolute Gasteiger partial charge is 0.333 e. The number of para-hydroxylation sites is 1. The van der Waals surface area contributed by atoms with Crippen molar-refractivity contribution in [3.63, 3.8) is 0 Å². The molecule has 0 aliphatic heterocycles. The zero-order valence-electron chi connectivity index (χ0n) is 10.2. The van der Waals surface area contributed by atoms with Crippen LogP contribution in [0.2, 0.25) is 5.02 Å². The van der Waals surface area contributed by atoms with Crippen molar-refractivity contribution in [3.05, 3.63) is 29.3 Å². The van der Waals surface area contributed by atoms with Crippen LogP contribution in [-0.2, 0) is 0 Å². The van der Waals surface area contributed by atoms with Gasteiger partial charge in [0.2, 0.25) is 0 Å². The summed E-state index contributed by atoms with van der Waals surface area (Å²) in [6, 6.07) is 6.79. The molecule has 100 valence electrons. The predicted octanol–water partition coefficient (Wildman–Crippen LogP) is 2.13. The van der Waals surface area contributed by atoms with Crippen LogP contribution in [0.15, 0.2) is 24.3 Å². The van der Waals surface area contributed by atoms with Crippen LogP contribution in [0.1, 0.15) is 19.8 Å². The maximum atomic E-state index is 11.5. The summed E-state index contributed by atoms with van der Waals surface area (Å²) < 4.78 is 0. The molecule has 1 aromatic carbocycles. The second-order valence-electron chi connectivity index (χ2n) is 3.97. The number of hydrogen-bond acceptors (Lipinski definition) is 3. The van der Waals surface area contributed by atoms with Crippen molar-refractivity contribution >= 4 is 23.3 Å². The first-order valence-electron chi connectivity index (χ1n) is 5.81. The van der Waals surface area contributed by atoms with E-state index in [4.69, 9.17) is 16.7 Å². The number of urea groups is 1. The standard InChI is InChI=1S/C12H18ClN3O2/c1-9(5-4-8-17)14-12(18)16-15-11-7-3-2-6-10(11)13/h2-3,6-7,9,15,17H,4-5,8H2,1H3,(H2,14,16,18). The number of nitrogens with one attached hydrogen (secondary N) is 3. The summed E-state index contributed by atoms with van der Waals surface area (Å²) in [7, 11) is 0. The van der Waals surface area contributed by atoms with Gasteiger partial charge in [0.15, 0.2) is 0 Å². The number of hydrogen-bond donors (Lipinski definition) is 4. The molecule has 0 aromatic heterocycles. The number of halogens is 1. The van der Waals surface area contributed by atoms with E-state index < -0.39 is 0 Å². The molecule has 1 rings (SSSR count). The minimum absolute atomic E-state index is 0.00481. The van der Waals surface area contributed by atoms with Gasteiger partial charge < -0.3 is 10.4 Å². The van der Waals surface area contributed by atoms with Crippen molar-refractivity contribution in [1.82, 2.24) is 10.7 Å². The van der Waals surface area contributed by atoms with E-state index in [0.717, 1.165) is 6.42 Å². The first-order chi connectivity index (χ1) is 8.63. The van der Waals surface area contributed by atoms with Gasteiger partial charge in [0.25, 0.3) is 0 Å². The van der Waals surface area contributed by atoms with E-state index in [1.807, 2.05) is 19.1 Å². The molecule has 0 aliphatic carbocycles. The predicted molar refractivity (Wildman–Crippen MR) is 72.5 cm³/mol. The Morgan fingerprint density at radius 2 is 2.17 bits per heavy atom. The molecule has 0 aliphatic rings. The molecular weight excluding hydrogens is 254 g/mol. The molecule has 0 radical (unpaired) electrons. The van der Waals surface area contributed by atoms with E-state index in [2.05, 4.69) is 16.2 Å². The summed E-state index contributed by atoms with van der Waals surface area (Å²) >= 11 is 5.92. The van der Waals surface area contributed by atoms with Crippen LogP contribution in [-0.4, -0.2) is 23.8 Å². The zero-order chi connectivity index (χ0) is 13.4. The van der Waals surface area contributed by atoms with Crippen LogP contribution in [0, 0.1) is 0 Å². The van der Waals surface area contributed by atoms with Gasteiger partial charge in [0.05, 0.1) is 10.7 Å². The van der Waals surface area contributed by atoms with E-state index in [-0.39, 0.29) is 18.7 Å². The Kier molecular flexibility index (Phi) is 6.32. The van der Waals surface area contributed by atoms with Crippen molar-refractivity contribution in [1.29, 1.82) is 0 Å². The Labute approximate surface area is 111 Å². The van der Waals surface area contributed by atoms with Crippen LogP contribution in [0.3, 0.4) is 0 Å². The number of carbonyl (C=O) groups is 1. The van der Waals surface area contributed by atoms with E-state index in [9.17, 15) is 4.79 Å². The molecule has 18 heavy (non-hydrogen) atoms. The fourth-order valence-electron chi connectivity index (χ4n) is 1.42. The van der Waals surface area contributed by atoms with Gasteiger partial charge in [-0.05, 0) is 31.9 Å². The number of aliphatic hydroxyl groups excluding tert-OH is 1. The molecule has 0 spiro atoms. The Morgan fingerprint density at radius 3 is 2.83 bits per heavy atom. The lowest BCUT2D eigenvalue weighted by Gasteiger charge is -2.15. The van der Waals surface area contributed by atoms with E-state index in [1.54, 1.807) is 12.1 Å². The van der Waals surface area contributed by atoms with Gasteiger partial charge in [-0.1, -0.05) is 23.7 Å². The molecule has 0 bridgehead atoms. The summed E-state index contributed by atoms with van der Waals surface area (Å²) in [6.45, 7) is 2.01. The average molecular weight is 272 g/mol. The maximum Gasteiger partial charge on any atom is 0.333 e. The molecule has 6 heteroatoms. The third-order valence-corrected chi connectivity index (χ3v) is 2.69. The monoisotopic (exact) mass is 271 g/mol. The summed E-state index contributed by atoms with van der Waals surface area (Å²) in [5.74, 6) is 0. The highest BCUT2D eigenvalue weighted by Crippen LogP contribution is 2.19. The van der Waals surface area contributed by atoms with Crippen LogP contribution < -0.4 is 16.2 Å². The zero-order valence-corrected chi connectivity index (χ0v) is 11.0. The molecule has 0 saturated carbocycles. The molecular formula is C12H18ClN3O2. The highest BCUT2D eigenvalue weighted by atomic mass is 35.5. The maximum absolute atomic E-state index is 11.5. The van der Waals surface area contributed by atoms with Crippen molar-refractivity contribution in [2.45, 2.75) is 25.8 Å². The normalized spacial score (nSPS) is 11.7. The van der Waals surface area contributed by atoms with Crippen LogP contribution in [0.4, 0.5) is 10.5 Å². The SMILES string of the molecule is CC(CCCO)NC(=O)NNc1ccccc1Cl. The van der Waals surface area contributed by atoms with Gasteiger partial charge in [-0.25, -0.2) is 4.79 Å². The number of rotatable bonds is 6. The summed E-state index contributed by atoms with van der Waals surface area (Å²) in [4.78, 5) is 11.5. The molecule has 1 aromatic rings. The lowest BCUT2D eigenvalue weighted by Crippen LogP contribution is -2.43. The molecule has 1 atom stereocenters. The summed E-state index contributed by atoms with van der Waals surface area (Å²) in [5.41, 5.74) is 5.87. The molecule has 5 nitrogen and oxygen atoms in total. The fourth-order valence-corrected chi connectivity index (χ4v) is 1.60. The first kappa shape index (κ1) is 14.6. The minimum atomic E-state index is -0.333. The lowest BCUT2D eigenvalue weighted by molar-refractivity contribution is 0.236. The second-order valence-corrected chi connectivity index (χ2v) is 4.38. The van der Waals surface area contributed by atoms with Gasteiger partial charge in [-0.15, -0.1) is 0 Å². The second kappa shape index (κ2) is 7.79. The quantitative estimate of drug-likeness (QED) is 0.599. The van der Waals surface area contributed by atoms with Crippen molar-refractivity contribution in [2.75, 3.05) is 12.0 Å². The Balaban J connectivity index is 2.31. The number of hydrazine groups is 1. The van der Waals surface area contributed by atoms with Crippen LogP contribution >= 0.6 is 11.6 Å². The molecule has 0 saturated heterocycles. The molecule has 0 fully saturated rings. The first-order valence-corrected chi connectivity index (χ1v) is 6.19. The average Bonchev–Trinajstić information content (AvgIpc) is 2.35. The number of anilines is 1. The van der Waals surface area contributed by atoms with Gasteiger partial charge in [-0.2, -0.15) is 0 Å². The highest BCUT2D eigenvalue weighted by Gasteiger charge is 2.06. The number of aliphatic hydroxyl groups is 1. The van der Waals surface area contributed by atoms with Gasteiger partial charge in [-0.3, -0.25) is 10.9 Å². The summed E-state index contributed by atoms with van der Waals surface area (Å²) in [6.07, 6.45) is 1.40. The Morgan fingerprint density at radius 1 is 1.44 bits per heavy atom. The Hall–Kier alpha value is -1.46. The third-order valence-electron chi connectivity index (χ3n) is 2.36. The largest absolute Gasteiger partial charge is 0.396 e. The van der Waals surface area contributed by atoms with Crippen molar-refractivity contribution in [2.24, 2.45) is 0 Å². The number of carbonyl (C=O) groups excluding carboxylic acids is 1. The van der Waals surface area contributed by atoms with Gasteiger partial charge in [0, 0.05) is 12.6 Å². The van der Waals surface area contributed by atoms with Crippen molar-refractivity contribution < 1.29 is 9.90 Å². The van der Waals surface area contributed by atoms with Gasteiger partial charge >= 0.3 is 6.03 Å². The Bertz CT molecular complexity index is 387. The molecule has 0 heterocycles.